The van der Waals surface area contributed by atoms with Crippen LogP contribution in [0.5, 0.6) is 0 Å². The third kappa shape index (κ3) is 1.18. The van der Waals surface area contributed by atoms with Crippen LogP contribution in [0.4, 0.5) is 5.69 Å². The molecule has 1 aromatic heterocycles. The molecule has 4 nitrogen and oxygen atoms in total. The van der Waals surface area contributed by atoms with Crippen molar-refractivity contribution >= 4 is 11.6 Å². The van der Waals surface area contributed by atoms with Crippen LogP contribution in [0.1, 0.15) is 12.8 Å². The fourth-order valence-corrected chi connectivity index (χ4v) is 1.46. The Morgan fingerprint density at radius 2 is 2.43 bits per heavy atom. The summed E-state index contributed by atoms with van der Waals surface area (Å²) in [6.45, 7) is 0. The second-order valence-electron chi connectivity index (χ2n) is 3.63. The molecule has 1 amide bonds. The van der Waals surface area contributed by atoms with Gasteiger partial charge in [0.05, 0.1) is 11.8 Å². The van der Waals surface area contributed by atoms with E-state index in [9.17, 15) is 4.79 Å². The van der Waals surface area contributed by atoms with E-state index in [1.807, 2.05) is 6.07 Å². The van der Waals surface area contributed by atoms with Crippen LogP contribution in [0.25, 0.3) is 0 Å². The number of carbonyl (C=O) groups excluding carboxylic acids is 1. The molecule has 0 bridgehead atoms. The monoisotopic (exact) mass is 189 g/mol. The number of aromatic amines is 1. The van der Waals surface area contributed by atoms with Crippen molar-refractivity contribution in [3.8, 4) is 6.07 Å². The predicted molar refractivity (Wildman–Crippen MR) is 51.5 cm³/mol. The van der Waals surface area contributed by atoms with Crippen LogP contribution in [0.2, 0.25) is 0 Å². The number of hydrogen-bond acceptors (Lipinski definition) is 2. The summed E-state index contributed by atoms with van der Waals surface area (Å²) in [5.41, 5.74) is 0.0722. The predicted octanol–water partition coefficient (Wildman–Crippen LogP) is 1.28. The normalized spacial score (nSPS) is 17.1. The van der Waals surface area contributed by atoms with Crippen LogP contribution < -0.4 is 4.90 Å². The molecule has 2 rings (SSSR count). The van der Waals surface area contributed by atoms with E-state index in [0.29, 0.717) is 12.8 Å². The van der Waals surface area contributed by atoms with Gasteiger partial charge < -0.3 is 9.88 Å². The zero-order chi connectivity index (χ0) is 10.2. The highest BCUT2D eigenvalue weighted by atomic mass is 16.2. The minimum absolute atomic E-state index is 0.0976. The van der Waals surface area contributed by atoms with E-state index >= 15 is 0 Å². The average Bonchev–Trinajstić information content (AvgIpc) is 2.82. The Labute approximate surface area is 82.1 Å². The summed E-state index contributed by atoms with van der Waals surface area (Å²) in [7, 11) is 1.70. The molecule has 1 fully saturated rings. The lowest BCUT2D eigenvalue weighted by Gasteiger charge is -2.17. The Kier molecular flexibility index (Phi) is 1.81. The molecule has 1 saturated carbocycles. The van der Waals surface area contributed by atoms with Crippen LogP contribution in [0, 0.1) is 16.7 Å². The molecule has 1 heterocycles. The SMILES string of the molecule is CN(C(=O)C1(C#N)CC1)c1cc[nH]c1. The summed E-state index contributed by atoms with van der Waals surface area (Å²) in [5, 5.41) is 8.87. The zero-order valence-corrected chi connectivity index (χ0v) is 7.95. The zero-order valence-electron chi connectivity index (χ0n) is 7.95. The molecular weight excluding hydrogens is 178 g/mol. The minimum atomic E-state index is -0.730. The van der Waals surface area contributed by atoms with Gasteiger partial charge in [0.2, 0.25) is 5.91 Å². The number of carbonyl (C=O) groups is 1. The molecule has 1 aromatic rings. The third-order valence-corrected chi connectivity index (χ3v) is 2.65. The van der Waals surface area contributed by atoms with Gasteiger partial charge in [0.15, 0.2) is 0 Å². The molecule has 1 N–H and O–H groups in total. The Bertz CT molecular complexity index is 384. The van der Waals surface area contributed by atoms with E-state index in [1.165, 1.54) is 4.90 Å². The molecule has 0 spiro atoms. The van der Waals surface area contributed by atoms with Gasteiger partial charge in [0, 0.05) is 19.4 Å². The lowest BCUT2D eigenvalue weighted by atomic mass is 10.1. The van der Waals surface area contributed by atoms with Crippen molar-refractivity contribution in [3.05, 3.63) is 18.5 Å². The fourth-order valence-electron chi connectivity index (χ4n) is 1.46. The molecule has 0 radical (unpaired) electrons. The highest BCUT2D eigenvalue weighted by molar-refractivity contribution is 6.00. The van der Waals surface area contributed by atoms with Gasteiger partial charge in [-0.2, -0.15) is 5.26 Å². The van der Waals surface area contributed by atoms with Gasteiger partial charge in [-0.15, -0.1) is 0 Å². The van der Waals surface area contributed by atoms with Crippen molar-refractivity contribution in [2.24, 2.45) is 5.41 Å². The van der Waals surface area contributed by atoms with Crippen LogP contribution in [-0.4, -0.2) is 17.9 Å². The molecule has 0 unspecified atom stereocenters. The van der Waals surface area contributed by atoms with Crippen LogP contribution in [0.15, 0.2) is 18.5 Å². The Balaban J connectivity index is 2.18. The van der Waals surface area contributed by atoms with Gasteiger partial charge in [-0.25, -0.2) is 0 Å². The van der Waals surface area contributed by atoms with E-state index < -0.39 is 5.41 Å². The number of H-pyrrole nitrogens is 1. The van der Waals surface area contributed by atoms with Crippen molar-refractivity contribution < 1.29 is 4.79 Å². The number of hydrogen-bond donors (Lipinski definition) is 1. The molecule has 1 aliphatic carbocycles. The summed E-state index contributed by atoms with van der Waals surface area (Å²) in [6.07, 6.45) is 4.88. The maximum absolute atomic E-state index is 11.8. The average molecular weight is 189 g/mol. The van der Waals surface area contributed by atoms with Crippen LogP contribution in [0.3, 0.4) is 0 Å². The van der Waals surface area contributed by atoms with E-state index in [2.05, 4.69) is 11.1 Å². The van der Waals surface area contributed by atoms with Crippen molar-refractivity contribution in [3.63, 3.8) is 0 Å². The van der Waals surface area contributed by atoms with Crippen LogP contribution in [-0.2, 0) is 4.79 Å². The number of nitriles is 1. The van der Waals surface area contributed by atoms with Gasteiger partial charge in [-0.1, -0.05) is 0 Å². The largest absolute Gasteiger partial charge is 0.366 e. The molecule has 1 aliphatic rings. The standard InChI is InChI=1S/C10H11N3O/c1-13(8-2-5-12-6-8)9(14)10(7-11)3-4-10/h2,5-6,12H,3-4H2,1H3. The molecule has 0 saturated heterocycles. The Morgan fingerprint density at radius 3 is 2.86 bits per heavy atom. The molecule has 0 atom stereocenters. The molecule has 0 aliphatic heterocycles. The van der Waals surface area contributed by atoms with Gasteiger partial charge in [0.1, 0.15) is 5.41 Å². The maximum atomic E-state index is 11.8. The Hall–Kier alpha value is -1.76. The number of rotatable bonds is 2. The Morgan fingerprint density at radius 1 is 1.71 bits per heavy atom. The first-order valence-corrected chi connectivity index (χ1v) is 4.52. The summed E-state index contributed by atoms with van der Waals surface area (Å²) in [4.78, 5) is 16.3. The maximum Gasteiger partial charge on any atom is 0.247 e. The van der Waals surface area contributed by atoms with Crippen molar-refractivity contribution in [1.29, 1.82) is 5.26 Å². The summed E-state index contributed by atoms with van der Waals surface area (Å²) in [6, 6.07) is 3.90. The molecular formula is C10H11N3O. The van der Waals surface area contributed by atoms with Gasteiger partial charge in [-0.05, 0) is 18.9 Å². The second-order valence-corrected chi connectivity index (χ2v) is 3.63. The highest BCUT2D eigenvalue weighted by Gasteiger charge is 2.52. The number of anilines is 1. The first-order chi connectivity index (χ1) is 6.69. The number of nitrogens with zero attached hydrogens (tertiary/aromatic N) is 2. The second kappa shape index (κ2) is 2.88. The molecule has 4 heteroatoms. The van der Waals surface area contributed by atoms with E-state index in [0.717, 1.165) is 5.69 Å². The third-order valence-electron chi connectivity index (χ3n) is 2.65. The topological polar surface area (TPSA) is 59.9 Å². The van der Waals surface area contributed by atoms with Crippen molar-refractivity contribution in [2.45, 2.75) is 12.8 Å². The minimum Gasteiger partial charge on any atom is -0.366 e. The first kappa shape index (κ1) is 8.82. The number of amides is 1. The first-order valence-electron chi connectivity index (χ1n) is 4.52. The summed E-state index contributed by atoms with van der Waals surface area (Å²) in [5.74, 6) is -0.0976. The van der Waals surface area contributed by atoms with E-state index in [-0.39, 0.29) is 5.91 Å². The molecule has 14 heavy (non-hydrogen) atoms. The lowest BCUT2D eigenvalue weighted by molar-refractivity contribution is -0.121. The smallest absolute Gasteiger partial charge is 0.247 e. The van der Waals surface area contributed by atoms with E-state index in [1.54, 1.807) is 19.4 Å². The van der Waals surface area contributed by atoms with Gasteiger partial charge in [0.25, 0.3) is 0 Å². The van der Waals surface area contributed by atoms with E-state index in [4.69, 9.17) is 5.26 Å². The molecule has 72 valence electrons. The fraction of sp³-hybridized carbons (Fsp3) is 0.400. The highest BCUT2D eigenvalue weighted by Crippen LogP contribution is 2.46. The van der Waals surface area contributed by atoms with Crippen LogP contribution >= 0.6 is 0 Å². The quantitative estimate of drug-likeness (QED) is 0.761. The van der Waals surface area contributed by atoms with Gasteiger partial charge >= 0.3 is 0 Å². The van der Waals surface area contributed by atoms with Gasteiger partial charge in [-0.3, -0.25) is 4.79 Å². The summed E-state index contributed by atoms with van der Waals surface area (Å²) < 4.78 is 0. The van der Waals surface area contributed by atoms with Crippen molar-refractivity contribution in [1.82, 2.24) is 4.98 Å². The number of aromatic nitrogens is 1. The summed E-state index contributed by atoms with van der Waals surface area (Å²) >= 11 is 0. The lowest BCUT2D eigenvalue weighted by Crippen LogP contribution is -2.33. The molecule has 0 aromatic carbocycles. The number of nitrogens with one attached hydrogen (secondary N) is 1. The van der Waals surface area contributed by atoms with Crippen molar-refractivity contribution in [2.75, 3.05) is 11.9 Å².